The number of hydrogen-bond donors (Lipinski definition) is 1. The van der Waals surface area contributed by atoms with Crippen LogP contribution >= 0.6 is 0 Å². The summed E-state index contributed by atoms with van der Waals surface area (Å²) in [6, 6.07) is 11.8. The molecule has 3 aromatic rings. The van der Waals surface area contributed by atoms with E-state index in [4.69, 9.17) is 24.0 Å². The van der Waals surface area contributed by atoms with Crippen molar-refractivity contribution in [3.05, 3.63) is 42.0 Å². The molecule has 0 unspecified atom stereocenters. The summed E-state index contributed by atoms with van der Waals surface area (Å²) in [7, 11) is 3.35. The Morgan fingerprint density at radius 3 is 2.67 bits per heavy atom. The molecule has 1 N–H and O–H groups in total. The largest absolute Gasteiger partial charge is 0.497 e. The van der Waals surface area contributed by atoms with Gasteiger partial charge in [0.15, 0.2) is 11.5 Å². The van der Waals surface area contributed by atoms with Crippen LogP contribution in [-0.4, -0.2) is 43.8 Å². The number of anilines is 1. The number of benzene rings is 2. The van der Waals surface area contributed by atoms with E-state index in [9.17, 15) is 0 Å². The lowest BCUT2D eigenvalue weighted by atomic mass is 10.0. The molecule has 2 aliphatic rings. The molecule has 7 nitrogen and oxygen atoms in total. The van der Waals surface area contributed by atoms with Crippen molar-refractivity contribution in [2.24, 2.45) is 0 Å². The van der Waals surface area contributed by atoms with Crippen molar-refractivity contribution in [2.75, 3.05) is 39.3 Å². The molecule has 0 bridgehead atoms. The Kier molecular flexibility index (Phi) is 4.86. The Hall–Kier alpha value is -3.35. The Balaban J connectivity index is 1.68. The predicted octanol–water partition coefficient (Wildman–Crippen LogP) is 4.08. The van der Waals surface area contributed by atoms with Crippen LogP contribution in [0.5, 0.6) is 23.0 Å². The van der Waals surface area contributed by atoms with E-state index in [0.29, 0.717) is 13.2 Å². The van der Waals surface area contributed by atoms with Gasteiger partial charge in [0.2, 0.25) is 0 Å². The molecule has 0 saturated heterocycles. The lowest BCUT2D eigenvalue weighted by Gasteiger charge is -2.19. The molecule has 0 fully saturated rings. The highest BCUT2D eigenvalue weighted by Gasteiger charge is 2.25. The Morgan fingerprint density at radius 1 is 0.967 bits per heavy atom. The quantitative estimate of drug-likeness (QED) is 0.703. The number of hydrogen-bond acceptors (Lipinski definition) is 6. The van der Waals surface area contributed by atoms with Gasteiger partial charge in [-0.1, -0.05) is 0 Å². The smallest absolute Gasteiger partial charge is 0.163 e. The molecule has 1 aromatic heterocycles. The van der Waals surface area contributed by atoms with Crippen molar-refractivity contribution in [1.29, 1.82) is 0 Å². The highest BCUT2D eigenvalue weighted by Crippen LogP contribution is 2.40. The zero-order valence-corrected chi connectivity index (χ0v) is 17.2. The van der Waals surface area contributed by atoms with Crippen molar-refractivity contribution in [3.8, 4) is 39.9 Å². The van der Waals surface area contributed by atoms with Gasteiger partial charge in [0.1, 0.15) is 36.2 Å². The minimum atomic E-state index is 0.554. The van der Waals surface area contributed by atoms with Gasteiger partial charge in [-0.05, 0) is 49.6 Å². The molecule has 7 heteroatoms. The molecule has 0 saturated carbocycles. The second-order valence-electron chi connectivity index (χ2n) is 7.37. The van der Waals surface area contributed by atoms with E-state index in [0.717, 1.165) is 71.6 Å². The van der Waals surface area contributed by atoms with Crippen LogP contribution in [0.2, 0.25) is 0 Å². The second-order valence-corrected chi connectivity index (χ2v) is 7.37. The summed E-state index contributed by atoms with van der Waals surface area (Å²) in [5.41, 5.74) is 3.95. The van der Waals surface area contributed by atoms with Crippen LogP contribution in [0.4, 0.5) is 5.82 Å². The molecule has 5 rings (SSSR count). The summed E-state index contributed by atoms with van der Waals surface area (Å²) < 4.78 is 24.5. The number of ether oxygens (including phenoxy) is 4. The van der Waals surface area contributed by atoms with E-state index in [1.165, 1.54) is 5.56 Å². The zero-order valence-electron chi connectivity index (χ0n) is 17.2. The van der Waals surface area contributed by atoms with E-state index < -0.39 is 0 Å². The topological polar surface area (TPSA) is 66.8 Å². The first-order valence-corrected chi connectivity index (χ1v) is 10.3. The zero-order chi connectivity index (χ0) is 20.5. The third-order valence-corrected chi connectivity index (χ3v) is 5.56. The standard InChI is InChI=1S/C23H25N3O4/c1-27-16-7-9-19(28-2)18(14-16)22-17-5-3-4-10-24-23(17)26(25-22)15-6-8-20-21(13-15)30-12-11-29-20/h6-9,13-14,24H,3-5,10-12H2,1-2H3. The van der Waals surface area contributed by atoms with Crippen molar-refractivity contribution < 1.29 is 18.9 Å². The maximum atomic E-state index is 5.79. The van der Waals surface area contributed by atoms with E-state index in [-0.39, 0.29) is 0 Å². The van der Waals surface area contributed by atoms with Gasteiger partial charge in [0.05, 0.1) is 19.9 Å². The van der Waals surface area contributed by atoms with Crippen LogP contribution in [0.3, 0.4) is 0 Å². The highest BCUT2D eigenvalue weighted by atomic mass is 16.6. The van der Waals surface area contributed by atoms with Gasteiger partial charge in [-0.25, -0.2) is 4.68 Å². The number of fused-ring (bicyclic) bond motifs is 2. The minimum Gasteiger partial charge on any atom is -0.497 e. The fourth-order valence-electron chi connectivity index (χ4n) is 4.07. The van der Waals surface area contributed by atoms with E-state index in [1.807, 2.05) is 41.1 Å². The highest BCUT2D eigenvalue weighted by molar-refractivity contribution is 5.77. The van der Waals surface area contributed by atoms with Gasteiger partial charge >= 0.3 is 0 Å². The lowest BCUT2D eigenvalue weighted by Crippen LogP contribution is -2.15. The molecular weight excluding hydrogens is 382 g/mol. The van der Waals surface area contributed by atoms with Crippen molar-refractivity contribution in [1.82, 2.24) is 9.78 Å². The van der Waals surface area contributed by atoms with Gasteiger partial charge in [0, 0.05) is 23.7 Å². The Morgan fingerprint density at radius 2 is 1.83 bits per heavy atom. The average Bonchev–Trinajstić information content (AvgIpc) is 2.98. The number of aromatic nitrogens is 2. The normalized spacial score (nSPS) is 15.0. The lowest BCUT2D eigenvalue weighted by molar-refractivity contribution is 0.171. The summed E-state index contributed by atoms with van der Waals surface area (Å²) in [6.45, 7) is 2.04. The molecule has 30 heavy (non-hydrogen) atoms. The summed E-state index contributed by atoms with van der Waals surface area (Å²) in [4.78, 5) is 0. The second kappa shape index (κ2) is 7.82. The average molecular weight is 407 g/mol. The SMILES string of the molecule is COc1ccc(OC)c(-c2nn(-c3ccc4c(c3)OCCO4)c3c2CCCCN3)c1. The van der Waals surface area contributed by atoms with E-state index in [2.05, 4.69) is 5.32 Å². The molecule has 0 aliphatic carbocycles. The third-order valence-electron chi connectivity index (χ3n) is 5.56. The van der Waals surface area contributed by atoms with Crippen molar-refractivity contribution in [3.63, 3.8) is 0 Å². The number of rotatable bonds is 4. The van der Waals surface area contributed by atoms with Crippen LogP contribution in [0.25, 0.3) is 16.9 Å². The fraction of sp³-hybridized carbons (Fsp3) is 0.348. The molecule has 2 aliphatic heterocycles. The number of nitrogens with zero attached hydrogens (tertiary/aromatic N) is 2. The van der Waals surface area contributed by atoms with Crippen LogP contribution in [0.15, 0.2) is 36.4 Å². The molecule has 2 aromatic carbocycles. The van der Waals surface area contributed by atoms with Gasteiger partial charge in [-0.15, -0.1) is 0 Å². The summed E-state index contributed by atoms with van der Waals surface area (Å²) in [5, 5.41) is 8.61. The first kappa shape index (κ1) is 18.7. The van der Waals surface area contributed by atoms with Crippen molar-refractivity contribution in [2.45, 2.75) is 19.3 Å². The predicted molar refractivity (Wildman–Crippen MR) is 115 cm³/mol. The van der Waals surface area contributed by atoms with Gasteiger partial charge in [0.25, 0.3) is 0 Å². The fourth-order valence-corrected chi connectivity index (χ4v) is 4.07. The first-order chi connectivity index (χ1) is 14.8. The van der Waals surface area contributed by atoms with Crippen LogP contribution in [0.1, 0.15) is 18.4 Å². The maximum Gasteiger partial charge on any atom is 0.163 e. The molecule has 0 amide bonds. The number of methoxy groups -OCH3 is 2. The maximum absolute atomic E-state index is 5.79. The van der Waals surface area contributed by atoms with Crippen LogP contribution in [-0.2, 0) is 6.42 Å². The monoisotopic (exact) mass is 407 g/mol. The van der Waals surface area contributed by atoms with Crippen LogP contribution in [0, 0.1) is 0 Å². The van der Waals surface area contributed by atoms with Gasteiger partial charge in [-0.2, -0.15) is 5.10 Å². The molecule has 156 valence electrons. The Bertz CT molecular complexity index is 1080. The third kappa shape index (κ3) is 3.20. The molecule has 0 radical (unpaired) electrons. The molecular formula is C23H25N3O4. The Labute approximate surface area is 175 Å². The molecule has 0 spiro atoms. The van der Waals surface area contributed by atoms with Crippen molar-refractivity contribution >= 4 is 5.82 Å². The minimum absolute atomic E-state index is 0.554. The molecule has 3 heterocycles. The summed E-state index contributed by atoms with van der Waals surface area (Å²) in [5.74, 6) is 4.08. The summed E-state index contributed by atoms with van der Waals surface area (Å²) >= 11 is 0. The van der Waals surface area contributed by atoms with Gasteiger partial charge in [-0.3, -0.25) is 0 Å². The number of nitrogens with one attached hydrogen (secondary N) is 1. The van der Waals surface area contributed by atoms with Gasteiger partial charge < -0.3 is 24.3 Å². The summed E-state index contributed by atoms with van der Waals surface area (Å²) in [6.07, 6.45) is 3.17. The van der Waals surface area contributed by atoms with E-state index >= 15 is 0 Å². The van der Waals surface area contributed by atoms with Crippen LogP contribution < -0.4 is 24.3 Å². The van der Waals surface area contributed by atoms with E-state index in [1.54, 1.807) is 14.2 Å². The molecule has 0 atom stereocenters. The first-order valence-electron chi connectivity index (χ1n) is 10.3.